The minimum Gasteiger partial charge on any atom is -0.324 e. The molecule has 0 radical (unpaired) electrons. The van der Waals surface area contributed by atoms with E-state index in [2.05, 4.69) is 40.5 Å². The molecule has 2 rings (SSSR count). The van der Waals surface area contributed by atoms with Gasteiger partial charge in [-0.3, -0.25) is 0 Å². The molecular weight excluding hydrogens is 270 g/mol. The quantitative estimate of drug-likeness (QED) is 0.861. The predicted molar refractivity (Wildman–Crippen MR) is 70.1 cm³/mol. The van der Waals surface area contributed by atoms with Gasteiger partial charge in [-0.1, -0.05) is 20.3 Å². The number of nitrogens with two attached hydrogens (primary N) is 1. The van der Waals surface area contributed by atoms with Crippen molar-refractivity contribution in [2.24, 2.45) is 17.1 Å². The first-order valence-electron chi connectivity index (χ1n) is 5.49. The van der Waals surface area contributed by atoms with E-state index in [1.807, 2.05) is 0 Å². The van der Waals surface area contributed by atoms with Crippen molar-refractivity contribution in [2.75, 3.05) is 0 Å². The minimum atomic E-state index is 0.197. The molecule has 1 nitrogen and oxygen atoms in total. The summed E-state index contributed by atoms with van der Waals surface area (Å²) in [5, 5.41) is 4.31. The Balaban J connectivity index is 2.21. The lowest BCUT2D eigenvalue weighted by atomic mass is 9.76. The Morgan fingerprint density at radius 3 is 2.73 bits per heavy atom. The van der Waals surface area contributed by atoms with Crippen LogP contribution in [0.25, 0.3) is 0 Å². The van der Waals surface area contributed by atoms with Gasteiger partial charge in [0.25, 0.3) is 0 Å². The zero-order valence-corrected chi connectivity index (χ0v) is 11.7. The van der Waals surface area contributed by atoms with Crippen LogP contribution in [0.15, 0.2) is 15.2 Å². The summed E-state index contributed by atoms with van der Waals surface area (Å²) in [5.41, 5.74) is 8.09. The molecule has 0 spiro atoms. The summed E-state index contributed by atoms with van der Waals surface area (Å²) in [5.74, 6) is 0.628. The highest BCUT2D eigenvalue weighted by Crippen LogP contribution is 2.49. The van der Waals surface area contributed by atoms with Gasteiger partial charge in [0.15, 0.2) is 0 Å². The molecule has 1 aromatic heterocycles. The van der Waals surface area contributed by atoms with Crippen LogP contribution in [0.3, 0.4) is 0 Å². The minimum absolute atomic E-state index is 0.197. The molecule has 1 saturated carbocycles. The third kappa shape index (κ3) is 2.15. The first-order chi connectivity index (χ1) is 7.02. The van der Waals surface area contributed by atoms with E-state index in [-0.39, 0.29) is 6.04 Å². The molecule has 0 aliphatic heterocycles. The van der Waals surface area contributed by atoms with Crippen molar-refractivity contribution in [3.63, 3.8) is 0 Å². The molecule has 1 fully saturated rings. The summed E-state index contributed by atoms with van der Waals surface area (Å²) < 4.78 is 1.18. The average molecular weight is 288 g/mol. The van der Waals surface area contributed by atoms with Crippen molar-refractivity contribution in [1.82, 2.24) is 0 Å². The highest BCUT2D eigenvalue weighted by Gasteiger charge is 2.39. The zero-order valence-electron chi connectivity index (χ0n) is 9.29. The lowest BCUT2D eigenvalue weighted by Crippen LogP contribution is -2.29. The van der Waals surface area contributed by atoms with E-state index in [0.29, 0.717) is 11.3 Å². The van der Waals surface area contributed by atoms with E-state index in [4.69, 9.17) is 5.73 Å². The standard InChI is InChI=1S/C12H18BrNS/c1-12(2)5-3-4-9(12)11(14)8-6-15-7-10(8)13/h6-7,9,11H,3-5,14H2,1-2H3. The number of halogens is 1. The Kier molecular flexibility index (Phi) is 3.25. The highest BCUT2D eigenvalue weighted by molar-refractivity contribution is 9.10. The van der Waals surface area contributed by atoms with Gasteiger partial charge < -0.3 is 5.73 Å². The third-order valence-electron chi connectivity index (χ3n) is 3.77. The first-order valence-corrected chi connectivity index (χ1v) is 7.23. The topological polar surface area (TPSA) is 26.0 Å². The van der Waals surface area contributed by atoms with E-state index in [0.717, 1.165) is 0 Å². The van der Waals surface area contributed by atoms with Crippen molar-refractivity contribution in [3.8, 4) is 0 Å². The molecule has 2 unspecified atom stereocenters. The number of thiophene rings is 1. The molecule has 1 aliphatic carbocycles. The van der Waals surface area contributed by atoms with Crippen LogP contribution in [-0.2, 0) is 0 Å². The summed E-state index contributed by atoms with van der Waals surface area (Å²) >= 11 is 5.31. The fourth-order valence-electron chi connectivity index (χ4n) is 2.77. The molecule has 1 aromatic rings. The third-order valence-corrected chi connectivity index (χ3v) is 5.53. The van der Waals surface area contributed by atoms with Gasteiger partial charge in [-0.2, -0.15) is 11.3 Å². The Labute approximate surface area is 104 Å². The van der Waals surface area contributed by atoms with Gasteiger partial charge in [0.1, 0.15) is 0 Å². The van der Waals surface area contributed by atoms with Gasteiger partial charge >= 0.3 is 0 Å². The molecule has 1 aliphatic rings. The van der Waals surface area contributed by atoms with E-state index in [9.17, 15) is 0 Å². The van der Waals surface area contributed by atoms with Crippen molar-refractivity contribution in [3.05, 3.63) is 20.8 Å². The van der Waals surface area contributed by atoms with Crippen molar-refractivity contribution < 1.29 is 0 Å². The summed E-state index contributed by atoms with van der Waals surface area (Å²) in [7, 11) is 0. The van der Waals surface area contributed by atoms with Crippen LogP contribution in [0.2, 0.25) is 0 Å². The second-order valence-electron chi connectivity index (χ2n) is 5.19. The van der Waals surface area contributed by atoms with Crippen LogP contribution in [0.1, 0.15) is 44.7 Å². The zero-order chi connectivity index (χ0) is 11.1. The molecule has 1 heterocycles. The predicted octanol–water partition coefficient (Wildman–Crippen LogP) is 4.34. The van der Waals surface area contributed by atoms with Crippen molar-refractivity contribution >= 4 is 27.3 Å². The maximum atomic E-state index is 6.40. The summed E-state index contributed by atoms with van der Waals surface area (Å²) in [6.07, 6.45) is 3.91. The molecule has 0 bridgehead atoms. The second-order valence-corrected chi connectivity index (χ2v) is 6.79. The Hall–Kier alpha value is 0.140. The molecule has 2 atom stereocenters. The van der Waals surface area contributed by atoms with Gasteiger partial charge in [0.05, 0.1) is 0 Å². The van der Waals surface area contributed by atoms with Crippen molar-refractivity contribution in [2.45, 2.75) is 39.2 Å². The van der Waals surface area contributed by atoms with Crippen LogP contribution < -0.4 is 5.73 Å². The molecule has 3 heteroatoms. The van der Waals surface area contributed by atoms with Crippen LogP contribution in [0.4, 0.5) is 0 Å². The van der Waals surface area contributed by atoms with Crippen LogP contribution in [-0.4, -0.2) is 0 Å². The van der Waals surface area contributed by atoms with E-state index in [1.54, 1.807) is 11.3 Å². The Morgan fingerprint density at radius 1 is 1.53 bits per heavy atom. The summed E-state index contributed by atoms with van der Waals surface area (Å²) in [6, 6.07) is 0.197. The Morgan fingerprint density at radius 2 is 2.27 bits per heavy atom. The molecule has 15 heavy (non-hydrogen) atoms. The first kappa shape index (κ1) is 11.6. The molecular formula is C12H18BrNS. The molecule has 0 saturated heterocycles. The molecule has 0 aromatic carbocycles. The summed E-state index contributed by atoms with van der Waals surface area (Å²) in [4.78, 5) is 0. The monoisotopic (exact) mass is 287 g/mol. The fourth-order valence-corrected chi connectivity index (χ4v) is 4.37. The van der Waals surface area contributed by atoms with Crippen LogP contribution in [0.5, 0.6) is 0 Å². The maximum absolute atomic E-state index is 6.40. The van der Waals surface area contributed by atoms with Crippen LogP contribution in [0, 0.1) is 11.3 Å². The summed E-state index contributed by atoms with van der Waals surface area (Å²) in [6.45, 7) is 4.70. The lowest BCUT2D eigenvalue weighted by molar-refractivity contribution is 0.222. The van der Waals surface area contributed by atoms with Gasteiger partial charge in [-0.05, 0) is 51.0 Å². The molecule has 0 amide bonds. The van der Waals surface area contributed by atoms with Gasteiger partial charge in [0, 0.05) is 15.9 Å². The number of hydrogen-bond donors (Lipinski definition) is 1. The average Bonchev–Trinajstić information content (AvgIpc) is 2.70. The van der Waals surface area contributed by atoms with Gasteiger partial charge in [0.2, 0.25) is 0 Å². The fraction of sp³-hybridized carbons (Fsp3) is 0.667. The van der Waals surface area contributed by atoms with Gasteiger partial charge in [-0.25, -0.2) is 0 Å². The lowest BCUT2D eigenvalue weighted by Gasteiger charge is -2.32. The molecule has 84 valence electrons. The van der Waals surface area contributed by atoms with E-state index < -0.39 is 0 Å². The smallest absolute Gasteiger partial charge is 0.0348 e. The maximum Gasteiger partial charge on any atom is 0.0348 e. The highest BCUT2D eigenvalue weighted by atomic mass is 79.9. The number of rotatable bonds is 2. The van der Waals surface area contributed by atoms with E-state index >= 15 is 0 Å². The largest absolute Gasteiger partial charge is 0.324 e. The molecule has 2 N–H and O–H groups in total. The van der Waals surface area contributed by atoms with Crippen LogP contribution >= 0.6 is 27.3 Å². The van der Waals surface area contributed by atoms with Gasteiger partial charge in [-0.15, -0.1) is 0 Å². The van der Waals surface area contributed by atoms with Crippen molar-refractivity contribution in [1.29, 1.82) is 0 Å². The normalized spacial score (nSPS) is 26.8. The Bertz CT molecular complexity index is 345. The second kappa shape index (κ2) is 4.19. The SMILES string of the molecule is CC1(C)CCCC1C(N)c1cscc1Br. The number of hydrogen-bond acceptors (Lipinski definition) is 2. The van der Waals surface area contributed by atoms with E-state index in [1.165, 1.54) is 29.3 Å².